The smallest absolute Gasteiger partial charge is 0.229 e. The van der Waals surface area contributed by atoms with E-state index >= 15 is 0 Å². The average molecular weight is 477 g/mol. The highest BCUT2D eigenvalue weighted by Crippen LogP contribution is 2.23. The van der Waals surface area contributed by atoms with Crippen molar-refractivity contribution in [3.05, 3.63) is 58.1 Å². The van der Waals surface area contributed by atoms with E-state index in [1.54, 1.807) is 30.3 Å². The fourth-order valence-corrected chi connectivity index (χ4v) is 3.68. The van der Waals surface area contributed by atoms with Crippen LogP contribution in [-0.2, 0) is 16.4 Å². The lowest BCUT2D eigenvalue weighted by molar-refractivity contribution is 0.0622. The zero-order chi connectivity index (χ0) is 22.1. The minimum atomic E-state index is -3.34. The molecular weight excluding hydrogens is 451 g/mol. The Bertz CT molecular complexity index is 910. The fourth-order valence-electron chi connectivity index (χ4n) is 2.79. The quantitative estimate of drug-likeness (QED) is 0.435. The third-order valence-corrected chi connectivity index (χ3v) is 5.53. The van der Waals surface area contributed by atoms with E-state index in [0.29, 0.717) is 47.5 Å². The first-order valence-corrected chi connectivity index (χ1v) is 12.0. The van der Waals surface area contributed by atoms with Gasteiger partial charge >= 0.3 is 0 Å². The Morgan fingerprint density at radius 2 is 1.80 bits per heavy atom. The van der Waals surface area contributed by atoms with Gasteiger partial charge < -0.3 is 14.9 Å². The first-order valence-electron chi connectivity index (χ1n) is 9.32. The predicted molar refractivity (Wildman–Crippen MR) is 120 cm³/mol. The number of hydrogen-bond acceptors (Lipinski definition) is 6. The van der Waals surface area contributed by atoms with Crippen molar-refractivity contribution in [2.24, 2.45) is 0 Å². The Hall–Kier alpha value is -1.55. The van der Waals surface area contributed by atoms with Crippen molar-refractivity contribution in [3.8, 4) is 5.75 Å². The summed E-state index contributed by atoms with van der Waals surface area (Å²) in [6.45, 7) is 1.42. The summed E-state index contributed by atoms with van der Waals surface area (Å²) in [6, 6.07) is 11.9. The van der Waals surface area contributed by atoms with Crippen LogP contribution in [0, 0.1) is 0 Å². The largest absolute Gasteiger partial charge is 0.491 e. The van der Waals surface area contributed by atoms with E-state index in [0.717, 1.165) is 11.8 Å². The molecule has 0 aliphatic carbocycles. The number of benzene rings is 2. The number of anilines is 1. The highest BCUT2D eigenvalue weighted by atomic mass is 35.5. The molecule has 0 aliphatic rings. The zero-order valence-corrected chi connectivity index (χ0v) is 18.9. The summed E-state index contributed by atoms with van der Waals surface area (Å²) in [5, 5.41) is 20.6. The second-order valence-electron chi connectivity index (χ2n) is 6.89. The summed E-state index contributed by atoms with van der Waals surface area (Å²) < 4.78 is 30.4. The molecule has 0 radical (unpaired) electrons. The standard InChI is InChI=1S/C20H26Cl2N2O5S/c1-30(27,28)23-16-3-5-18(6-4-16)29-14-17(26)13-24(10-11-25)9-8-15-2-7-19(21)20(22)12-15/h2-7,12,17,23,25-26H,8-11,13-14H2,1H3. The third-order valence-electron chi connectivity index (χ3n) is 4.19. The van der Waals surface area contributed by atoms with Crippen LogP contribution in [0.1, 0.15) is 5.56 Å². The number of aliphatic hydroxyl groups is 2. The lowest BCUT2D eigenvalue weighted by Gasteiger charge is -2.24. The van der Waals surface area contributed by atoms with Crippen LogP contribution < -0.4 is 9.46 Å². The molecule has 10 heteroatoms. The van der Waals surface area contributed by atoms with Gasteiger partial charge in [0.25, 0.3) is 0 Å². The Balaban J connectivity index is 1.82. The van der Waals surface area contributed by atoms with Crippen molar-refractivity contribution in [2.45, 2.75) is 12.5 Å². The number of sulfonamides is 1. The van der Waals surface area contributed by atoms with Gasteiger partial charge in [-0.3, -0.25) is 9.62 Å². The second-order valence-corrected chi connectivity index (χ2v) is 9.45. The molecule has 0 amide bonds. The normalized spacial score (nSPS) is 12.7. The number of nitrogens with zero attached hydrogens (tertiary/aromatic N) is 1. The van der Waals surface area contributed by atoms with Gasteiger partial charge in [-0.25, -0.2) is 8.42 Å². The molecule has 166 valence electrons. The van der Waals surface area contributed by atoms with Gasteiger partial charge in [-0.05, 0) is 48.4 Å². The van der Waals surface area contributed by atoms with Crippen LogP contribution in [0.15, 0.2) is 42.5 Å². The molecule has 3 N–H and O–H groups in total. The van der Waals surface area contributed by atoms with Gasteiger partial charge in [0.05, 0.1) is 22.9 Å². The van der Waals surface area contributed by atoms with E-state index < -0.39 is 16.1 Å². The van der Waals surface area contributed by atoms with E-state index in [2.05, 4.69) is 4.72 Å². The molecule has 2 aromatic carbocycles. The van der Waals surface area contributed by atoms with Gasteiger partial charge in [-0.2, -0.15) is 0 Å². The van der Waals surface area contributed by atoms with Gasteiger partial charge in [0.1, 0.15) is 18.5 Å². The fraction of sp³-hybridized carbons (Fsp3) is 0.400. The Morgan fingerprint density at radius 1 is 1.10 bits per heavy atom. The highest BCUT2D eigenvalue weighted by molar-refractivity contribution is 7.92. The van der Waals surface area contributed by atoms with Crippen molar-refractivity contribution in [2.75, 3.05) is 43.8 Å². The topological polar surface area (TPSA) is 99.1 Å². The SMILES string of the molecule is CS(=O)(=O)Nc1ccc(OCC(O)CN(CCO)CCc2ccc(Cl)c(Cl)c2)cc1. The van der Waals surface area contributed by atoms with Crippen molar-refractivity contribution >= 4 is 38.9 Å². The molecule has 0 aliphatic heterocycles. The highest BCUT2D eigenvalue weighted by Gasteiger charge is 2.13. The number of hydrogen-bond donors (Lipinski definition) is 3. The summed E-state index contributed by atoms with van der Waals surface area (Å²) in [7, 11) is -3.34. The Morgan fingerprint density at radius 3 is 2.40 bits per heavy atom. The molecule has 1 unspecified atom stereocenters. The van der Waals surface area contributed by atoms with Crippen molar-refractivity contribution in [1.82, 2.24) is 4.90 Å². The van der Waals surface area contributed by atoms with Gasteiger partial charge in [-0.1, -0.05) is 29.3 Å². The molecule has 0 spiro atoms. The summed E-state index contributed by atoms with van der Waals surface area (Å²) in [4.78, 5) is 1.94. The van der Waals surface area contributed by atoms with E-state index in [1.165, 1.54) is 0 Å². The van der Waals surface area contributed by atoms with Gasteiger partial charge in [0.15, 0.2) is 0 Å². The minimum absolute atomic E-state index is 0.0241. The lowest BCUT2D eigenvalue weighted by atomic mass is 10.1. The van der Waals surface area contributed by atoms with E-state index in [1.807, 2.05) is 17.0 Å². The van der Waals surface area contributed by atoms with Crippen LogP contribution in [0.3, 0.4) is 0 Å². The average Bonchev–Trinajstić information content (AvgIpc) is 2.67. The number of rotatable bonds is 12. The molecule has 0 saturated carbocycles. The number of ether oxygens (including phenoxy) is 1. The predicted octanol–water partition coefficient (Wildman–Crippen LogP) is 2.64. The van der Waals surface area contributed by atoms with E-state index in [9.17, 15) is 18.6 Å². The lowest BCUT2D eigenvalue weighted by Crippen LogP contribution is -2.38. The number of aliphatic hydroxyl groups excluding tert-OH is 2. The van der Waals surface area contributed by atoms with Crippen LogP contribution in [-0.4, -0.2) is 68.7 Å². The monoisotopic (exact) mass is 476 g/mol. The summed E-state index contributed by atoms with van der Waals surface area (Å²) in [5.41, 5.74) is 1.45. The van der Waals surface area contributed by atoms with Gasteiger partial charge in [0.2, 0.25) is 10.0 Å². The van der Waals surface area contributed by atoms with Crippen molar-refractivity contribution in [3.63, 3.8) is 0 Å². The number of nitrogens with one attached hydrogen (secondary N) is 1. The van der Waals surface area contributed by atoms with E-state index in [-0.39, 0.29) is 13.2 Å². The van der Waals surface area contributed by atoms with Crippen LogP contribution >= 0.6 is 23.2 Å². The molecule has 2 aromatic rings. The number of halogens is 2. The molecule has 0 bridgehead atoms. The van der Waals surface area contributed by atoms with Crippen LogP contribution in [0.4, 0.5) is 5.69 Å². The second kappa shape index (κ2) is 11.7. The molecule has 2 rings (SSSR count). The van der Waals surface area contributed by atoms with Crippen LogP contribution in [0.25, 0.3) is 0 Å². The van der Waals surface area contributed by atoms with Gasteiger partial charge in [0, 0.05) is 25.3 Å². The minimum Gasteiger partial charge on any atom is -0.491 e. The Kier molecular flexibility index (Phi) is 9.67. The van der Waals surface area contributed by atoms with E-state index in [4.69, 9.17) is 27.9 Å². The summed E-state index contributed by atoms with van der Waals surface area (Å²) in [6.07, 6.45) is 1.01. The molecule has 0 heterocycles. The summed E-state index contributed by atoms with van der Waals surface area (Å²) >= 11 is 12.0. The maximum Gasteiger partial charge on any atom is 0.229 e. The first-order chi connectivity index (χ1) is 14.2. The molecule has 0 fully saturated rings. The molecule has 1 atom stereocenters. The molecular formula is C20H26Cl2N2O5S. The maximum atomic E-state index is 11.2. The maximum absolute atomic E-state index is 11.2. The van der Waals surface area contributed by atoms with Crippen molar-refractivity contribution in [1.29, 1.82) is 0 Å². The van der Waals surface area contributed by atoms with Gasteiger partial charge in [-0.15, -0.1) is 0 Å². The zero-order valence-electron chi connectivity index (χ0n) is 16.6. The van der Waals surface area contributed by atoms with Crippen molar-refractivity contribution < 1.29 is 23.4 Å². The molecule has 0 saturated heterocycles. The van der Waals surface area contributed by atoms with Crippen LogP contribution in [0.2, 0.25) is 10.0 Å². The molecule has 0 aromatic heterocycles. The third kappa shape index (κ3) is 9.07. The first kappa shape index (κ1) is 24.7. The summed E-state index contributed by atoms with van der Waals surface area (Å²) in [5.74, 6) is 0.512. The van der Waals surface area contributed by atoms with Crippen LogP contribution in [0.5, 0.6) is 5.75 Å². The molecule has 7 nitrogen and oxygen atoms in total. The molecule has 30 heavy (non-hydrogen) atoms. The Labute approximate surface area is 187 Å².